The second kappa shape index (κ2) is 34.7. The van der Waals surface area contributed by atoms with Crippen molar-refractivity contribution in [1.82, 2.24) is 5.32 Å². The van der Waals surface area contributed by atoms with Gasteiger partial charge in [-0.25, -0.2) is 4.18 Å². The van der Waals surface area contributed by atoms with Crippen LogP contribution in [0.5, 0.6) is 0 Å². The molecule has 1 rings (SSSR count). The van der Waals surface area contributed by atoms with Gasteiger partial charge in [0.15, 0.2) is 6.29 Å². The molecule has 7 unspecified atom stereocenters. The van der Waals surface area contributed by atoms with E-state index < -0.39 is 59.9 Å². The van der Waals surface area contributed by atoms with E-state index in [0.717, 1.165) is 38.5 Å². The highest BCUT2D eigenvalue weighted by atomic mass is 32.3. The summed E-state index contributed by atoms with van der Waals surface area (Å²) in [4.78, 5) is 12.9. The molecule has 1 amide bonds. The van der Waals surface area contributed by atoms with Crippen LogP contribution in [0.25, 0.3) is 0 Å². The Kier molecular flexibility index (Phi) is 32.7. The van der Waals surface area contributed by atoms with E-state index in [1.165, 1.54) is 135 Å². The lowest BCUT2D eigenvalue weighted by Gasteiger charge is -2.41. The average molecular weight is 822 g/mol. The number of carbonyl (C=O) groups excluding carboxylic acids is 1. The summed E-state index contributed by atoms with van der Waals surface area (Å²) in [5, 5.41) is 44.6. The van der Waals surface area contributed by atoms with Crippen LogP contribution in [0.1, 0.15) is 200 Å². The van der Waals surface area contributed by atoms with Gasteiger partial charge in [-0.15, -0.1) is 0 Å². The maximum atomic E-state index is 12.9. The Labute approximate surface area is 340 Å². The van der Waals surface area contributed by atoms with Crippen LogP contribution in [-0.2, 0) is 28.9 Å². The lowest BCUT2D eigenvalue weighted by atomic mass is 9.99. The summed E-state index contributed by atoms with van der Waals surface area (Å²) in [5.74, 6) is -0.264. The van der Waals surface area contributed by atoms with Crippen LogP contribution in [0.3, 0.4) is 0 Å². The summed E-state index contributed by atoms with van der Waals surface area (Å²) < 4.78 is 47.5. The second-order valence-corrected chi connectivity index (χ2v) is 17.0. The minimum atomic E-state index is -5.08. The summed E-state index contributed by atoms with van der Waals surface area (Å²) in [5.41, 5.74) is 0. The van der Waals surface area contributed by atoms with Crippen molar-refractivity contribution < 1.29 is 51.8 Å². The molecule has 1 aliphatic rings. The van der Waals surface area contributed by atoms with Crippen molar-refractivity contribution in [3.63, 3.8) is 0 Å². The molecule has 56 heavy (non-hydrogen) atoms. The van der Waals surface area contributed by atoms with Gasteiger partial charge in [-0.3, -0.25) is 9.35 Å². The zero-order valence-corrected chi connectivity index (χ0v) is 36.0. The fourth-order valence-electron chi connectivity index (χ4n) is 7.28. The van der Waals surface area contributed by atoms with Gasteiger partial charge in [0.2, 0.25) is 5.91 Å². The van der Waals surface area contributed by atoms with Gasteiger partial charge >= 0.3 is 10.4 Å². The van der Waals surface area contributed by atoms with Crippen LogP contribution in [-0.4, -0.2) is 95.4 Å². The summed E-state index contributed by atoms with van der Waals surface area (Å²) in [6.07, 6.45) is 28.3. The molecule has 1 fully saturated rings. The molecule has 6 N–H and O–H groups in total. The molecule has 0 radical (unpaired) electrons. The molecule has 1 aliphatic heterocycles. The predicted molar refractivity (Wildman–Crippen MR) is 222 cm³/mol. The van der Waals surface area contributed by atoms with Gasteiger partial charge < -0.3 is 35.2 Å². The van der Waals surface area contributed by atoms with E-state index in [-0.39, 0.29) is 18.9 Å². The summed E-state index contributed by atoms with van der Waals surface area (Å²) >= 11 is 0. The molecule has 0 bridgehead atoms. The average Bonchev–Trinajstić information content (AvgIpc) is 3.16. The maximum Gasteiger partial charge on any atom is 0.397 e. The first-order valence-corrected chi connectivity index (χ1v) is 23.9. The van der Waals surface area contributed by atoms with E-state index in [1.54, 1.807) is 6.08 Å². The molecular formula is C43H83NO11S. The summed E-state index contributed by atoms with van der Waals surface area (Å²) in [6.45, 7) is 3.37. The van der Waals surface area contributed by atoms with Gasteiger partial charge in [-0.2, -0.15) is 8.42 Å². The molecule has 0 aliphatic carbocycles. The number of aliphatic hydroxyl groups is 4. The zero-order chi connectivity index (χ0) is 41.3. The zero-order valence-electron chi connectivity index (χ0n) is 35.2. The Balaban J connectivity index is 2.50. The van der Waals surface area contributed by atoms with E-state index in [1.807, 2.05) is 6.08 Å². The van der Waals surface area contributed by atoms with Crippen molar-refractivity contribution in [2.45, 2.75) is 243 Å². The molecule has 0 aromatic heterocycles. The molecular weight excluding hydrogens is 739 g/mol. The highest BCUT2D eigenvalue weighted by Gasteiger charge is 2.48. The van der Waals surface area contributed by atoms with Crippen LogP contribution < -0.4 is 5.32 Å². The van der Waals surface area contributed by atoms with Gasteiger partial charge in [-0.05, 0) is 19.3 Å². The molecule has 13 heteroatoms. The topological polar surface area (TPSA) is 192 Å². The molecule has 1 heterocycles. The minimum absolute atomic E-state index is 0.264. The predicted octanol–water partition coefficient (Wildman–Crippen LogP) is 8.38. The first-order chi connectivity index (χ1) is 27.0. The van der Waals surface area contributed by atoms with E-state index in [4.69, 9.17) is 14.0 Å². The molecule has 0 aromatic rings. The monoisotopic (exact) mass is 822 g/mol. The Bertz CT molecular complexity index is 1060. The van der Waals surface area contributed by atoms with Crippen LogP contribution in [0.2, 0.25) is 0 Å². The van der Waals surface area contributed by atoms with Gasteiger partial charge in [0.05, 0.1) is 25.4 Å². The van der Waals surface area contributed by atoms with Crippen LogP contribution in [0, 0.1) is 0 Å². The molecule has 1 saturated heterocycles. The normalized spacial score (nSPS) is 21.4. The molecule has 332 valence electrons. The lowest BCUT2D eigenvalue weighted by Crippen LogP contribution is -2.61. The van der Waals surface area contributed by atoms with Gasteiger partial charge in [0.25, 0.3) is 0 Å². The third-order valence-electron chi connectivity index (χ3n) is 10.8. The number of ether oxygens (including phenoxy) is 2. The minimum Gasteiger partial charge on any atom is -0.394 e. The van der Waals surface area contributed by atoms with Crippen molar-refractivity contribution in [3.8, 4) is 0 Å². The number of carbonyl (C=O) groups is 1. The van der Waals surface area contributed by atoms with Crippen molar-refractivity contribution in [2.75, 3.05) is 13.2 Å². The lowest BCUT2D eigenvalue weighted by molar-refractivity contribution is -0.298. The summed E-state index contributed by atoms with van der Waals surface area (Å²) in [6, 6.07) is -0.936. The Morgan fingerprint density at radius 2 is 1.12 bits per heavy atom. The summed E-state index contributed by atoms with van der Waals surface area (Å²) in [7, 11) is -5.08. The van der Waals surface area contributed by atoms with E-state index in [0.29, 0.717) is 6.42 Å². The third-order valence-corrected chi connectivity index (χ3v) is 11.3. The van der Waals surface area contributed by atoms with Crippen molar-refractivity contribution in [2.24, 2.45) is 0 Å². The highest BCUT2D eigenvalue weighted by Crippen LogP contribution is 2.26. The van der Waals surface area contributed by atoms with Gasteiger partial charge in [0, 0.05) is 6.42 Å². The van der Waals surface area contributed by atoms with E-state index in [2.05, 4.69) is 23.3 Å². The van der Waals surface area contributed by atoms with Gasteiger partial charge in [0.1, 0.15) is 24.4 Å². The first-order valence-electron chi connectivity index (χ1n) is 22.6. The van der Waals surface area contributed by atoms with Crippen LogP contribution >= 0.6 is 0 Å². The number of hydrogen-bond acceptors (Lipinski definition) is 10. The third kappa shape index (κ3) is 27.5. The SMILES string of the molecule is CCCCCCCCCCCCCCCCCCC/C=C/C(O)C(COC1OC(CO)C(O)C(OS(=O)(=O)O)C1O)NC(=O)CCCCCCCCCCCC. The van der Waals surface area contributed by atoms with Crippen molar-refractivity contribution >= 4 is 16.3 Å². The fourth-order valence-corrected chi connectivity index (χ4v) is 7.79. The van der Waals surface area contributed by atoms with Crippen LogP contribution in [0.15, 0.2) is 12.2 Å². The Morgan fingerprint density at radius 1 is 0.696 bits per heavy atom. The molecule has 0 saturated carbocycles. The van der Waals surface area contributed by atoms with Crippen molar-refractivity contribution in [3.05, 3.63) is 12.2 Å². The molecule has 7 atom stereocenters. The fraction of sp³-hybridized carbons (Fsp3) is 0.930. The number of aliphatic hydroxyl groups excluding tert-OH is 4. The largest absolute Gasteiger partial charge is 0.397 e. The number of allylic oxidation sites excluding steroid dienone is 1. The number of amides is 1. The van der Waals surface area contributed by atoms with Gasteiger partial charge in [-0.1, -0.05) is 187 Å². The second-order valence-electron chi connectivity index (χ2n) is 16.0. The molecule has 0 spiro atoms. The number of hydrogen-bond donors (Lipinski definition) is 6. The number of unbranched alkanes of at least 4 members (excludes halogenated alkanes) is 26. The molecule has 12 nitrogen and oxygen atoms in total. The Hall–Kier alpha value is -1.16. The number of nitrogens with one attached hydrogen (secondary N) is 1. The molecule has 0 aromatic carbocycles. The standard InChI is InChI=1S/C43H83NO11S/c1-3-5-7-9-11-13-15-16-17-18-19-20-21-22-23-24-26-28-30-32-37(46)36(44-39(47)33-31-29-27-25-14-12-10-8-6-4-2)35-53-43-41(49)42(55-56(50,51)52)40(48)38(34-45)54-43/h30,32,36-38,40-43,45-46,48-49H,3-29,31,33-35H2,1-2H3,(H,44,47)(H,50,51,52)/b32-30+. The quantitative estimate of drug-likeness (QED) is 0.0199. The van der Waals surface area contributed by atoms with E-state index >= 15 is 0 Å². The first kappa shape index (κ1) is 52.9. The number of rotatable bonds is 38. The van der Waals surface area contributed by atoms with Crippen LogP contribution in [0.4, 0.5) is 0 Å². The Morgan fingerprint density at radius 3 is 1.55 bits per heavy atom. The maximum absolute atomic E-state index is 12.9. The van der Waals surface area contributed by atoms with Crippen molar-refractivity contribution in [1.29, 1.82) is 0 Å². The highest BCUT2D eigenvalue weighted by molar-refractivity contribution is 7.80. The smallest absolute Gasteiger partial charge is 0.394 e. The van der Waals surface area contributed by atoms with E-state index in [9.17, 15) is 33.6 Å².